The molecular formula is C14H11NO5. The predicted molar refractivity (Wildman–Crippen MR) is 71.1 cm³/mol. The quantitative estimate of drug-likeness (QED) is 0.890. The normalized spacial score (nSPS) is 10.1. The summed E-state index contributed by atoms with van der Waals surface area (Å²) in [6.45, 7) is 1.74. The number of benzene rings is 1. The van der Waals surface area contributed by atoms with Crippen molar-refractivity contribution in [3.63, 3.8) is 0 Å². The summed E-state index contributed by atoms with van der Waals surface area (Å²) in [5, 5.41) is 11.5. The first-order valence-corrected chi connectivity index (χ1v) is 5.71. The van der Waals surface area contributed by atoms with Crippen LogP contribution >= 0.6 is 0 Å². The van der Waals surface area contributed by atoms with E-state index in [1.54, 1.807) is 13.0 Å². The minimum absolute atomic E-state index is 0.0745. The van der Waals surface area contributed by atoms with Crippen LogP contribution in [0, 0.1) is 6.92 Å². The Labute approximate surface area is 113 Å². The van der Waals surface area contributed by atoms with Crippen LogP contribution in [0.15, 0.2) is 45.8 Å². The highest BCUT2D eigenvalue weighted by molar-refractivity contribution is 6.04. The average molecular weight is 273 g/mol. The van der Waals surface area contributed by atoms with Gasteiger partial charge in [-0.15, -0.1) is 0 Å². The zero-order valence-corrected chi connectivity index (χ0v) is 10.5. The second-order valence-corrected chi connectivity index (χ2v) is 4.13. The molecule has 2 aromatic rings. The Morgan fingerprint density at radius 3 is 2.45 bits per heavy atom. The molecule has 102 valence electrons. The summed E-state index contributed by atoms with van der Waals surface area (Å²) in [5.74, 6) is -1.56. The second kappa shape index (κ2) is 5.40. The molecule has 0 unspecified atom stereocenters. The third-order valence-electron chi connectivity index (χ3n) is 2.70. The molecular weight excluding hydrogens is 262 g/mol. The molecule has 6 nitrogen and oxygen atoms in total. The number of aromatic carboxylic acids is 1. The van der Waals surface area contributed by atoms with E-state index in [-0.39, 0.29) is 11.1 Å². The van der Waals surface area contributed by atoms with Gasteiger partial charge in [0.25, 0.3) is 5.91 Å². The largest absolute Gasteiger partial charge is 0.478 e. The van der Waals surface area contributed by atoms with Crippen molar-refractivity contribution in [2.45, 2.75) is 6.92 Å². The van der Waals surface area contributed by atoms with Gasteiger partial charge in [0.2, 0.25) is 0 Å². The molecule has 20 heavy (non-hydrogen) atoms. The molecule has 2 rings (SSSR count). The maximum Gasteiger partial charge on any atom is 0.335 e. The van der Waals surface area contributed by atoms with Crippen LogP contribution in [-0.4, -0.2) is 17.0 Å². The van der Waals surface area contributed by atoms with Crippen molar-refractivity contribution in [2.75, 3.05) is 5.32 Å². The van der Waals surface area contributed by atoms with Gasteiger partial charge in [-0.05, 0) is 30.7 Å². The van der Waals surface area contributed by atoms with Gasteiger partial charge in [-0.1, -0.05) is 6.07 Å². The van der Waals surface area contributed by atoms with Crippen molar-refractivity contribution in [1.29, 1.82) is 0 Å². The fourth-order valence-corrected chi connectivity index (χ4v) is 1.57. The van der Waals surface area contributed by atoms with Crippen LogP contribution in [0.4, 0.5) is 5.69 Å². The van der Waals surface area contributed by atoms with E-state index in [0.29, 0.717) is 5.69 Å². The summed E-state index contributed by atoms with van der Waals surface area (Å²) in [4.78, 5) is 33.6. The molecule has 0 spiro atoms. The Balaban J connectivity index is 2.27. The standard InChI is InChI=1S/C14H11NO5/c1-8-2-3-9(14(18)19)6-11(8)15-13(17)10-4-5-12(16)20-7-10/h2-7H,1H3,(H,15,17)(H,18,19). The van der Waals surface area contributed by atoms with E-state index in [1.165, 1.54) is 18.2 Å². The van der Waals surface area contributed by atoms with Gasteiger partial charge >= 0.3 is 11.6 Å². The summed E-state index contributed by atoms with van der Waals surface area (Å²) in [7, 11) is 0. The topological polar surface area (TPSA) is 96.6 Å². The van der Waals surface area contributed by atoms with Crippen molar-refractivity contribution in [3.05, 3.63) is 63.7 Å². The number of carbonyl (C=O) groups excluding carboxylic acids is 1. The first kappa shape index (κ1) is 13.5. The van der Waals surface area contributed by atoms with E-state index in [9.17, 15) is 14.4 Å². The van der Waals surface area contributed by atoms with Gasteiger partial charge in [-0.2, -0.15) is 0 Å². The van der Waals surface area contributed by atoms with E-state index in [2.05, 4.69) is 9.73 Å². The van der Waals surface area contributed by atoms with E-state index in [4.69, 9.17) is 5.11 Å². The van der Waals surface area contributed by atoms with Crippen LogP contribution in [-0.2, 0) is 0 Å². The van der Waals surface area contributed by atoms with Crippen molar-refractivity contribution >= 4 is 17.6 Å². The zero-order valence-electron chi connectivity index (χ0n) is 10.5. The van der Waals surface area contributed by atoms with Crippen LogP contribution < -0.4 is 10.9 Å². The number of amides is 1. The Bertz CT molecular complexity index is 712. The van der Waals surface area contributed by atoms with Crippen LogP contribution in [0.3, 0.4) is 0 Å². The lowest BCUT2D eigenvalue weighted by Gasteiger charge is -2.09. The number of anilines is 1. The SMILES string of the molecule is Cc1ccc(C(=O)O)cc1NC(=O)c1ccc(=O)oc1. The van der Waals surface area contributed by atoms with Gasteiger partial charge in [0, 0.05) is 11.8 Å². The summed E-state index contributed by atoms with van der Waals surface area (Å²) >= 11 is 0. The Hall–Kier alpha value is -2.89. The number of rotatable bonds is 3. The van der Waals surface area contributed by atoms with Crippen molar-refractivity contribution in [3.8, 4) is 0 Å². The fraction of sp³-hybridized carbons (Fsp3) is 0.0714. The number of hydrogen-bond donors (Lipinski definition) is 2. The molecule has 0 fully saturated rings. The number of carbonyl (C=O) groups is 2. The van der Waals surface area contributed by atoms with Gasteiger partial charge in [-0.25, -0.2) is 9.59 Å². The molecule has 6 heteroatoms. The van der Waals surface area contributed by atoms with Crippen molar-refractivity contribution in [1.82, 2.24) is 0 Å². The van der Waals surface area contributed by atoms with Crippen LogP contribution in [0.25, 0.3) is 0 Å². The number of aryl methyl sites for hydroxylation is 1. The lowest BCUT2D eigenvalue weighted by atomic mass is 10.1. The molecule has 1 amide bonds. The van der Waals surface area contributed by atoms with Gasteiger partial charge in [0.1, 0.15) is 6.26 Å². The van der Waals surface area contributed by atoms with Crippen molar-refractivity contribution < 1.29 is 19.1 Å². The molecule has 0 aliphatic heterocycles. The monoisotopic (exact) mass is 273 g/mol. The lowest BCUT2D eigenvalue weighted by molar-refractivity contribution is 0.0696. The first-order chi connectivity index (χ1) is 9.47. The van der Waals surface area contributed by atoms with Gasteiger partial charge < -0.3 is 14.8 Å². The Morgan fingerprint density at radius 1 is 1.15 bits per heavy atom. The maximum atomic E-state index is 11.9. The molecule has 0 saturated heterocycles. The minimum Gasteiger partial charge on any atom is -0.478 e. The van der Waals surface area contributed by atoms with Gasteiger partial charge in [-0.3, -0.25) is 4.79 Å². The summed E-state index contributed by atoms with van der Waals surface area (Å²) in [5.41, 5.74) is 0.808. The van der Waals surface area contributed by atoms with Crippen LogP contribution in [0.2, 0.25) is 0 Å². The number of carboxylic acids is 1. The first-order valence-electron chi connectivity index (χ1n) is 5.71. The third-order valence-corrected chi connectivity index (χ3v) is 2.70. The van der Waals surface area contributed by atoms with E-state index < -0.39 is 17.5 Å². The average Bonchev–Trinajstić information content (AvgIpc) is 2.41. The fourth-order valence-electron chi connectivity index (χ4n) is 1.57. The highest BCUT2D eigenvalue weighted by Gasteiger charge is 2.11. The van der Waals surface area contributed by atoms with Crippen molar-refractivity contribution in [2.24, 2.45) is 0 Å². The molecule has 1 heterocycles. The van der Waals surface area contributed by atoms with E-state index in [1.807, 2.05) is 0 Å². The smallest absolute Gasteiger partial charge is 0.335 e. The summed E-state index contributed by atoms with van der Waals surface area (Å²) in [6.07, 6.45) is 1.05. The molecule has 0 aliphatic carbocycles. The molecule has 0 aliphatic rings. The minimum atomic E-state index is -1.08. The zero-order chi connectivity index (χ0) is 14.7. The molecule has 0 radical (unpaired) electrons. The number of carboxylic acid groups (broad SMARTS) is 1. The van der Waals surface area contributed by atoms with E-state index in [0.717, 1.165) is 17.9 Å². The Kier molecular flexibility index (Phi) is 3.65. The number of nitrogens with one attached hydrogen (secondary N) is 1. The van der Waals surface area contributed by atoms with E-state index >= 15 is 0 Å². The summed E-state index contributed by atoms with van der Waals surface area (Å²) < 4.78 is 4.60. The molecule has 0 atom stereocenters. The number of hydrogen-bond acceptors (Lipinski definition) is 4. The Morgan fingerprint density at radius 2 is 1.85 bits per heavy atom. The summed E-state index contributed by atoms with van der Waals surface area (Å²) in [6, 6.07) is 6.89. The van der Waals surface area contributed by atoms with Crippen LogP contribution in [0.1, 0.15) is 26.3 Å². The molecule has 0 bridgehead atoms. The molecule has 1 aromatic carbocycles. The van der Waals surface area contributed by atoms with Crippen LogP contribution in [0.5, 0.6) is 0 Å². The van der Waals surface area contributed by atoms with Gasteiger partial charge in [0.15, 0.2) is 0 Å². The highest BCUT2D eigenvalue weighted by atomic mass is 16.4. The van der Waals surface area contributed by atoms with Gasteiger partial charge in [0.05, 0.1) is 11.1 Å². The third kappa shape index (κ3) is 2.92. The molecule has 0 saturated carbocycles. The second-order valence-electron chi connectivity index (χ2n) is 4.13. The molecule has 1 aromatic heterocycles. The highest BCUT2D eigenvalue weighted by Crippen LogP contribution is 2.17. The predicted octanol–water partition coefficient (Wildman–Crippen LogP) is 1.90. The maximum absolute atomic E-state index is 11.9. The lowest BCUT2D eigenvalue weighted by Crippen LogP contribution is -2.14. The molecule has 2 N–H and O–H groups in total.